The van der Waals surface area contributed by atoms with Gasteiger partial charge in [-0.05, 0) is 27.7 Å². The maximum atomic E-state index is 10.3. The molecule has 0 aromatic heterocycles. The molecule has 104 valence electrons. The van der Waals surface area contributed by atoms with Crippen LogP contribution in [0.3, 0.4) is 0 Å². The van der Waals surface area contributed by atoms with Gasteiger partial charge in [-0.3, -0.25) is 0 Å². The zero-order valence-corrected chi connectivity index (χ0v) is 11.1. The van der Waals surface area contributed by atoms with Crippen molar-refractivity contribution >= 4 is 0 Å². The average molecular weight is 260 g/mol. The van der Waals surface area contributed by atoms with Crippen LogP contribution in [0.4, 0.5) is 0 Å². The van der Waals surface area contributed by atoms with Crippen molar-refractivity contribution < 1.29 is 28.8 Å². The number of aliphatic hydroxyl groups excluding tert-OH is 1. The van der Waals surface area contributed by atoms with Crippen molar-refractivity contribution in [1.82, 2.24) is 0 Å². The summed E-state index contributed by atoms with van der Waals surface area (Å²) in [6, 6.07) is 0. The summed E-state index contributed by atoms with van der Waals surface area (Å²) in [5.41, 5.74) is 0. The molecule has 3 fully saturated rings. The van der Waals surface area contributed by atoms with E-state index in [1.807, 2.05) is 13.8 Å². The van der Waals surface area contributed by atoms with E-state index in [4.69, 9.17) is 23.7 Å². The SMILES string of the molecule is CC1(C)OCC([C@@H]2O[C@@H]3OC(C)(C)O[C@H]3C2O)O1. The van der Waals surface area contributed by atoms with Gasteiger partial charge < -0.3 is 28.8 Å². The first-order valence-corrected chi connectivity index (χ1v) is 6.28. The van der Waals surface area contributed by atoms with Crippen LogP contribution in [0.15, 0.2) is 0 Å². The first-order chi connectivity index (χ1) is 8.27. The molecule has 0 amide bonds. The van der Waals surface area contributed by atoms with Gasteiger partial charge in [-0.15, -0.1) is 0 Å². The molecule has 6 heteroatoms. The number of aliphatic hydroxyl groups is 1. The van der Waals surface area contributed by atoms with Gasteiger partial charge in [-0.2, -0.15) is 0 Å². The quantitative estimate of drug-likeness (QED) is 0.735. The fourth-order valence-corrected chi connectivity index (χ4v) is 2.70. The minimum atomic E-state index is -0.765. The number of hydrogen-bond acceptors (Lipinski definition) is 6. The fourth-order valence-electron chi connectivity index (χ4n) is 2.70. The van der Waals surface area contributed by atoms with E-state index in [0.29, 0.717) is 6.61 Å². The number of rotatable bonds is 1. The van der Waals surface area contributed by atoms with Crippen molar-refractivity contribution in [2.75, 3.05) is 6.61 Å². The van der Waals surface area contributed by atoms with Gasteiger partial charge in [0.15, 0.2) is 17.9 Å². The van der Waals surface area contributed by atoms with Crippen LogP contribution < -0.4 is 0 Å². The molecule has 3 saturated heterocycles. The van der Waals surface area contributed by atoms with Crippen molar-refractivity contribution in [2.24, 2.45) is 0 Å². The zero-order chi connectivity index (χ0) is 13.1. The Kier molecular flexibility index (Phi) is 2.75. The predicted molar refractivity (Wildman–Crippen MR) is 59.6 cm³/mol. The Hall–Kier alpha value is -0.240. The summed E-state index contributed by atoms with van der Waals surface area (Å²) in [6.07, 6.45) is -2.53. The van der Waals surface area contributed by atoms with Crippen LogP contribution in [0, 0.1) is 0 Å². The first-order valence-electron chi connectivity index (χ1n) is 6.28. The second kappa shape index (κ2) is 3.88. The van der Waals surface area contributed by atoms with Crippen LogP contribution in [-0.2, 0) is 23.7 Å². The molecule has 0 radical (unpaired) electrons. The Morgan fingerprint density at radius 1 is 0.944 bits per heavy atom. The lowest BCUT2D eigenvalue weighted by atomic mass is 10.1. The highest BCUT2D eigenvalue weighted by Gasteiger charge is 2.57. The maximum Gasteiger partial charge on any atom is 0.190 e. The second-order valence-corrected chi connectivity index (χ2v) is 5.93. The molecule has 0 saturated carbocycles. The van der Waals surface area contributed by atoms with Crippen LogP contribution in [0.1, 0.15) is 27.7 Å². The van der Waals surface area contributed by atoms with Crippen molar-refractivity contribution in [3.63, 3.8) is 0 Å². The van der Waals surface area contributed by atoms with Gasteiger partial charge in [0.05, 0.1) is 6.61 Å². The highest BCUT2D eigenvalue weighted by atomic mass is 16.8. The predicted octanol–water partition coefficient (Wildman–Crippen LogP) is 0.375. The Labute approximate surface area is 106 Å². The van der Waals surface area contributed by atoms with Gasteiger partial charge >= 0.3 is 0 Å². The van der Waals surface area contributed by atoms with Gasteiger partial charge in [0.1, 0.15) is 24.4 Å². The Morgan fingerprint density at radius 3 is 2.22 bits per heavy atom. The molecule has 0 aromatic rings. The van der Waals surface area contributed by atoms with E-state index in [1.165, 1.54) is 0 Å². The van der Waals surface area contributed by atoms with Crippen molar-refractivity contribution in [3.05, 3.63) is 0 Å². The minimum Gasteiger partial charge on any atom is -0.387 e. The Bertz CT molecular complexity index is 341. The first kappa shape index (κ1) is 12.8. The molecule has 0 aromatic carbocycles. The molecule has 5 atom stereocenters. The molecular weight excluding hydrogens is 240 g/mol. The van der Waals surface area contributed by atoms with E-state index in [2.05, 4.69) is 0 Å². The molecule has 3 aliphatic rings. The second-order valence-electron chi connectivity index (χ2n) is 5.93. The van der Waals surface area contributed by atoms with E-state index in [0.717, 1.165) is 0 Å². The maximum absolute atomic E-state index is 10.3. The largest absolute Gasteiger partial charge is 0.387 e. The lowest BCUT2D eigenvalue weighted by Crippen LogP contribution is -2.42. The minimum absolute atomic E-state index is 0.295. The average Bonchev–Trinajstić information content (AvgIpc) is 2.81. The van der Waals surface area contributed by atoms with E-state index >= 15 is 0 Å². The molecule has 1 N–H and O–H groups in total. The highest BCUT2D eigenvalue weighted by Crippen LogP contribution is 2.40. The Morgan fingerprint density at radius 2 is 1.67 bits per heavy atom. The van der Waals surface area contributed by atoms with Crippen LogP contribution in [0.5, 0.6) is 0 Å². The van der Waals surface area contributed by atoms with Crippen molar-refractivity contribution in [3.8, 4) is 0 Å². The third kappa shape index (κ3) is 2.07. The third-order valence-electron chi connectivity index (χ3n) is 3.45. The van der Waals surface area contributed by atoms with E-state index in [9.17, 15) is 5.11 Å². The van der Waals surface area contributed by atoms with Crippen molar-refractivity contribution in [1.29, 1.82) is 0 Å². The van der Waals surface area contributed by atoms with E-state index in [1.54, 1.807) is 13.8 Å². The zero-order valence-electron chi connectivity index (χ0n) is 11.1. The van der Waals surface area contributed by atoms with Crippen LogP contribution in [-0.4, -0.2) is 54.0 Å². The molecule has 0 bridgehead atoms. The molecule has 0 spiro atoms. The van der Waals surface area contributed by atoms with Crippen LogP contribution >= 0.6 is 0 Å². The molecule has 18 heavy (non-hydrogen) atoms. The van der Waals surface area contributed by atoms with Gasteiger partial charge in [0.2, 0.25) is 0 Å². The summed E-state index contributed by atoms with van der Waals surface area (Å²) in [7, 11) is 0. The standard InChI is InChI=1S/C12H20O6/c1-11(2)14-5-6(16-11)8-7(13)9-10(15-8)18-12(3,4)17-9/h6-10,13H,5H2,1-4H3/t6?,7?,8-,9-,10+/m0/s1. The number of hydrogen-bond donors (Lipinski definition) is 1. The number of fused-ring (bicyclic) bond motifs is 1. The van der Waals surface area contributed by atoms with Crippen LogP contribution in [0.25, 0.3) is 0 Å². The molecule has 3 heterocycles. The highest BCUT2D eigenvalue weighted by molar-refractivity contribution is 4.97. The van der Waals surface area contributed by atoms with Gasteiger partial charge in [-0.1, -0.05) is 0 Å². The third-order valence-corrected chi connectivity index (χ3v) is 3.45. The van der Waals surface area contributed by atoms with E-state index < -0.39 is 36.2 Å². The normalized spacial score (nSPS) is 49.5. The van der Waals surface area contributed by atoms with Crippen molar-refractivity contribution in [2.45, 2.75) is 70.0 Å². The van der Waals surface area contributed by atoms with Gasteiger partial charge in [0.25, 0.3) is 0 Å². The van der Waals surface area contributed by atoms with Gasteiger partial charge in [-0.25, -0.2) is 0 Å². The summed E-state index contributed by atoms with van der Waals surface area (Å²) in [4.78, 5) is 0. The molecule has 6 nitrogen and oxygen atoms in total. The smallest absolute Gasteiger partial charge is 0.190 e. The molecule has 3 rings (SSSR count). The molecule has 0 aliphatic carbocycles. The van der Waals surface area contributed by atoms with Gasteiger partial charge in [0, 0.05) is 0 Å². The lowest BCUT2D eigenvalue weighted by molar-refractivity contribution is -0.232. The summed E-state index contributed by atoms with van der Waals surface area (Å²) >= 11 is 0. The lowest BCUT2D eigenvalue weighted by Gasteiger charge is -2.26. The summed E-state index contributed by atoms with van der Waals surface area (Å²) in [5.74, 6) is -1.35. The van der Waals surface area contributed by atoms with E-state index in [-0.39, 0.29) is 6.10 Å². The fraction of sp³-hybridized carbons (Fsp3) is 1.00. The number of ether oxygens (including phenoxy) is 5. The molecule has 3 aliphatic heterocycles. The van der Waals surface area contributed by atoms with Crippen LogP contribution in [0.2, 0.25) is 0 Å². The summed E-state index contributed by atoms with van der Waals surface area (Å²) in [5, 5.41) is 10.3. The molecule has 2 unspecified atom stereocenters. The molecular formula is C12H20O6. The Balaban J connectivity index is 1.68. The topological polar surface area (TPSA) is 66.4 Å². The monoisotopic (exact) mass is 260 g/mol. The summed E-state index contributed by atoms with van der Waals surface area (Å²) in [6.45, 7) is 7.68. The summed E-state index contributed by atoms with van der Waals surface area (Å²) < 4.78 is 28.1.